The molecule has 3 heteroatoms. The van der Waals surface area contributed by atoms with Crippen LogP contribution in [0.5, 0.6) is 0 Å². The molecule has 0 N–H and O–H groups in total. The molecule has 0 aliphatic rings. The van der Waals surface area contributed by atoms with Gasteiger partial charge in [0, 0.05) is 5.33 Å². The second-order valence-corrected chi connectivity index (χ2v) is 6.37. The number of alkyl halides is 1. The number of ether oxygens (including phenoxy) is 1. The van der Waals surface area contributed by atoms with Gasteiger partial charge in [-0.2, -0.15) is 0 Å². The number of benzene rings is 3. The average Bonchev–Trinajstić information content (AvgIpc) is 2.59. The van der Waals surface area contributed by atoms with Crippen LogP contribution in [-0.4, -0.2) is 17.9 Å². The van der Waals surface area contributed by atoms with Gasteiger partial charge in [-0.3, -0.25) is 0 Å². The van der Waals surface area contributed by atoms with Crippen molar-refractivity contribution in [1.29, 1.82) is 0 Å². The maximum atomic E-state index is 12.7. The van der Waals surface area contributed by atoms with Gasteiger partial charge in [0.2, 0.25) is 0 Å². The molecular formula is C20H19BrO2. The largest absolute Gasteiger partial charge is 0.462 e. The Hall–Kier alpha value is -1.87. The molecule has 0 bridgehead atoms. The van der Waals surface area contributed by atoms with Gasteiger partial charge in [0.05, 0.1) is 12.2 Å². The molecule has 23 heavy (non-hydrogen) atoms. The fourth-order valence-corrected chi connectivity index (χ4v) is 3.24. The second kappa shape index (κ2) is 7.60. The smallest absolute Gasteiger partial charge is 0.339 e. The van der Waals surface area contributed by atoms with Gasteiger partial charge >= 0.3 is 5.97 Å². The van der Waals surface area contributed by atoms with E-state index in [1.165, 1.54) is 0 Å². The highest BCUT2D eigenvalue weighted by Crippen LogP contribution is 2.29. The quantitative estimate of drug-likeness (QED) is 0.240. The molecule has 0 radical (unpaired) electrons. The van der Waals surface area contributed by atoms with Crippen LogP contribution in [0.1, 0.15) is 29.6 Å². The highest BCUT2D eigenvalue weighted by molar-refractivity contribution is 9.09. The molecule has 0 heterocycles. The summed E-state index contributed by atoms with van der Waals surface area (Å²) in [5.74, 6) is -0.225. The van der Waals surface area contributed by atoms with E-state index in [1.807, 2.05) is 48.5 Å². The van der Waals surface area contributed by atoms with Crippen LogP contribution in [0.2, 0.25) is 0 Å². The molecule has 0 amide bonds. The number of unbranched alkanes of at least 4 members (excludes halogenated alkanes) is 2. The summed E-state index contributed by atoms with van der Waals surface area (Å²) in [6, 6.07) is 18.1. The first-order valence-electron chi connectivity index (χ1n) is 7.95. The van der Waals surface area contributed by atoms with Crippen molar-refractivity contribution in [2.24, 2.45) is 0 Å². The van der Waals surface area contributed by atoms with Gasteiger partial charge in [-0.15, -0.1) is 0 Å². The first-order valence-corrected chi connectivity index (χ1v) is 9.07. The van der Waals surface area contributed by atoms with Crippen LogP contribution in [0, 0.1) is 0 Å². The molecule has 0 unspecified atom stereocenters. The molecule has 0 spiro atoms. The monoisotopic (exact) mass is 370 g/mol. The Labute approximate surface area is 144 Å². The summed E-state index contributed by atoms with van der Waals surface area (Å²) in [5.41, 5.74) is 0.680. The lowest BCUT2D eigenvalue weighted by atomic mass is 9.97. The van der Waals surface area contributed by atoms with E-state index in [-0.39, 0.29) is 5.97 Å². The molecule has 0 saturated carbocycles. The fourth-order valence-electron chi connectivity index (χ4n) is 2.84. The van der Waals surface area contributed by atoms with E-state index in [0.29, 0.717) is 12.2 Å². The van der Waals surface area contributed by atoms with E-state index < -0.39 is 0 Å². The maximum absolute atomic E-state index is 12.7. The first-order chi connectivity index (χ1) is 11.3. The number of halogens is 1. The van der Waals surface area contributed by atoms with Crippen molar-refractivity contribution in [1.82, 2.24) is 0 Å². The number of fused-ring (bicyclic) bond motifs is 2. The van der Waals surface area contributed by atoms with E-state index in [9.17, 15) is 4.79 Å². The lowest BCUT2D eigenvalue weighted by Gasteiger charge is -2.11. The van der Waals surface area contributed by atoms with Crippen LogP contribution < -0.4 is 0 Å². The lowest BCUT2D eigenvalue weighted by Crippen LogP contribution is -2.08. The van der Waals surface area contributed by atoms with Gasteiger partial charge in [0.1, 0.15) is 0 Å². The third-order valence-electron chi connectivity index (χ3n) is 3.99. The Bertz CT molecular complexity index is 772. The maximum Gasteiger partial charge on any atom is 0.339 e. The summed E-state index contributed by atoms with van der Waals surface area (Å²) in [6.45, 7) is 0.476. The molecule has 0 aliphatic carbocycles. The summed E-state index contributed by atoms with van der Waals surface area (Å²) < 4.78 is 5.54. The van der Waals surface area contributed by atoms with Crippen molar-refractivity contribution in [3.63, 3.8) is 0 Å². The third-order valence-corrected chi connectivity index (χ3v) is 4.55. The molecule has 0 fully saturated rings. The van der Waals surface area contributed by atoms with Crippen molar-refractivity contribution in [2.75, 3.05) is 11.9 Å². The highest BCUT2D eigenvalue weighted by Gasteiger charge is 2.15. The predicted octanol–water partition coefficient (Wildman–Crippen LogP) is 5.72. The molecule has 3 aromatic carbocycles. The Morgan fingerprint density at radius 1 is 0.870 bits per heavy atom. The van der Waals surface area contributed by atoms with Crippen LogP contribution in [0.25, 0.3) is 21.5 Å². The van der Waals surface area contributed by atoms with Crippen LogP contribution in [-0.2, 0) is 4.74 Å². The van der Waals surface area contributed by atoms with Crippen molar-refractivity contribution < 1.29 is 9.53 Å². The highest BCUT2D eigenvalue weighted by atomic mass is 79.9. The summed E-state index contributed by atoms with van der Waals surface area (Å²) >= 11 is 3.41. The Balaban J connectivity index is 1.95. The zero-order valence-electron chi connectivity index (χ0n) is 12.9. The second-order valence-electron chi connectivity index (χ2n) is 5.58. The zero-order chi connectivity index (χ0) is 16.1. The zero-order valence-corrected chi connectivity index (χ0v) is 14.5. The normalized spacial score (nSPS) is 11.0. The minimum absolute atomic E-state index is 0.225. The number of esters is 1. The minimum atomic E-state index is -0.225. The van der Waals surface area contributed by atoms with E-state index in [4.69, 9.17) is 4.74 Å². The van der Waals surface area contributed by atoms with Gasteiger partial charge < -0.3 is 4.74 Å². The molecule has 0 aromatic heterocycles. The fraction of sp³-hybridized carbons (Fsp3) is 0.250. The summed E-state index contributed by atoms with van der Waals surface area (Å²) in [4.78, 5) is 12.7. The Morgan fingerprint density at radius 3 is 2.09 bits per heavy atom. The van der Waals surface area contributed by atoms with E-state index >= 15 is 0 Å². The topological polar surface area (TPSA) is 26.3 Å². The molecule has 118 valence electrons. The minimum Gasteiger partial charge on any atom is -0.462 e. The number of hydrogen-bond donors (Lipinski definition) is 0. The van der Waals surface area contributed by atoms with Gasteiger partial charge in [-0.05, 0) is 46.9 Å². The van der Waals surface area contributed by atoms with E-state index in [2.05, 4.69) is 22.0 Å². The van der Waals surface area contributed by atoms with Gasteiger partial charge in [0.25, 0.3) is 0 Å². The van der Waals surface area contributed by atoms with Crippen molar-refractivity contribution in [3.8, 4) is 0 Å². The van der Waals surface area contributed by atoms with E-state index in [1.54, 1.807) is 0 Å². The van der Waals surface area contributed by atoms with Gasteiger partial charge in [-0.1, -0.05) is 64.5 Å². The average molecular weight is 371 g/mol. The number of hydrogen-bond acceptors (Lipinski definition) is 2. The van der Waals surface area contributed by atoms with Crippen LogP contribution in [0.4, 0.5) is 0 Å². The molecule has 0 aliphatic heterocycles. The predicted molar refractivity (Wildman–Crippen MR) is 99.4 cm³/mol. The summed E-state index contributed by atoms with van der Waals surface area (Å²) in [7, 11) is 0. The standard InChI is InChI=1S/C20H19BrO2/c21-12-6-1-7-13-23-20(22)19-17-10-4-2-8-15(17)14-16-9-3-5-11-18(16)19/h2-5,8-11,14H,1,6-7,12-13H2. The van der Waals surface area contributed by atoms with Crippen molar-refractivity contribution in [3.05, 3.63) is 60.2 Å². The Morgan fingerprint density at radius 2 is 1.48 bits per heavy atom. The molecule has 0 saturated heterocycles. The van der Waals surface area contributed by atoms with Gasteiger partial charge in [-0.25, -0.2) is 4.79 Å². The summed E-state index contributed by atoms with van der Waals surface area (Å²) in [5, 5.41) is 5.04. The van der Waals surface area contributed by atoms with Crippen molar-refractivity contribution in [2.45, 2.75) is 19.3 Å². The molecular weight excluding hydrogens is 352 g/mol. The number of carbonyl (C=O) groups excluding carboxylic acids is 1. The van der Waals surface area contributed by atoms with Crippen LogP contribution >= 0.6 is 15.9 Å². The van der Waals surface area contributed by atoms with Crippen LogP contribution in [0.15, 0.2) is 54.6 Å². The number of rotatable bonds is 6. The molecule has 2 nitrogen and oxygen atoms in total. The van der Waals surface area contributed by atoms with Gasteiger partial charge in [0.15, 0.2) is 0 Å². The SMILES string of the molecule is O=C(OCCCCCBr)c1c2ccccc2cc2ccccc12. The summed E-state index contributed by atoms with van der Waals surface area (Å²) in [6.07, 6.45) is 3.07. The Kier molecular flexibility index (Phi) is 5.29. The van der Waals surface area contributed by atoms with E-state index in [0.717, 1.165) is 46.1 Å². The molecule has 3 rings (SSSR count). The molecule has 0 atom stereocenters. The molecule has 3 aromatic rings. The third kappa shape index (κ3) is 3.56. The lowest BCUT2D eigenvalue weighted by molar-refractivity contribution is 0.0503. The number of carbonyl (C=O) groups is 1. The first kappa shape index (κ1) is 16.0. The van der Waals surface area contributed by atoms with Crippen LogP contribution in [0.3, 0.4) is 0 Å². The van der Waals surface area contributed by atoms with Crippen molar-refractivity contribution >= 4 is 43.4 Å².